The number of nitrogens with one attached hydrogen (secondary N) is 2. The number of morpholine rings is 2. The summed E-state index contributed by atoms with van der Waals surface area (Å²) in [5, 5.41) is 32.2. The second-order valence-corrected chi connectivity index (χ2v) is 17.5. The molecule has 336 valence electrons. The molecule has 8 rings (SSSR count). The summed E-state index contributed by atoms with van der Waals surface area (Å²) >= 11 is 0. The largest absolute Gasteiger partial charge is 0.759 e. The molecule has 8 N–H and O–H groups in total. The average Bonchev–Trinajstić information content (AvgIpc) is 3.25. The molecule has 2 fully saturated rings. The number of ether oxygens (including phenoxy) is 2. The SMILES string of the molecule is CCC(CC1(C)C[NH2+]CCO1)Nc1ccc(O)c2c1C(=O)c1ccccc1C2=O.CCC(CC1(C)C[NH2+]CCO1)Nc1ccc(O)c2c1C(=O)c1ccccc1C2=O.O=S(=O)([O-])[O-]. The number of hydrogen-bond acceptors (Lipinski definition) is 14. The van der Waals surface area contributed by atoms with Crippen molar-refractivity contribution in [3.63, 3.8) is 0 Å². The number of phenols is 2. The quantitative estimate of drug-likeness (QED) is 0.0657. The first-order valence-electron chi connectivity index (χ1n) is 21.1. The molecule has 4 unspecified atom stereocenters. The topological polar surface area (TPSA) is 265 Å². The lowest BCUT2D eigenvalue weighted by molar-refractivity contribution is -0.685. The van der Waals surface area contributed by atoms with Gasteiger partial charge in [0.25, 0.3) is 0 Å². The van der Waals surface area contributed by atoms with Gasteiger partial charge in [0.1, 0.15) is 35.8 Å². The molecule has 0 spiro atoms. The van der Waals surface area contributed by atoms with Crippen LogP contribution in [0.3, 0.4) is 0 Å². The Hall–Kier alpha value is -5.53. The maximum absolute atomic E-state index is 13.2. The van der Waals surface area contributed by atoms with E-state index in [2.05, 4.69) is 49.0 Å². The van der Waals surface area contributed by atoms with E-state index in [9.17, 15) is 29.4 Å². The van der Waals surface area contributed by atoms with Crippen molar-refractivity contribution in [2.24, 2.45) is 0 Å². The molecule has 0 saturated carbocycles. The van der Waals surface area contributed by atoms with Crippen LogP contribution in [0, 0.1) is 0 Å². The van der Waals surface area contributed by atoms with Crippen molar-refractivity contribution in [1.29, 1.82) is 0 Å². The number of aromatic hydroxyl groups is 2. The fourth-order valence-corrected chi connectivity index (χ4v) is 8.72. The normalized spacial score (nSPS) is 21.2. The van der Waals surface area contributed by atoms with Crippen LogP contribution < -0.4 is 21.3 Å². The van der Waals surface area contributed by atoms with E-state index in [0.717, 1.165) is 65.1 Å². The lowest BCUT2D eigenvalue weighted by Crippen LogP contribution is -2.91. The van der Waals surface area contributed by atoms with Crippen molar-refractivity contribution in [3.05, 3.63) is 117 Å². The molecule has 2 aliphatic carbocycles. The van der Waals surface area contributed by atoms with E-state index in [4.69, 9.17) is 27.0 Å². The Kier molecular flexibility index (Phi) is 14.5. The third-order valence-electron chi connectivity index (χ3n) is 11.9. The summed E-state index contributed by atoms with van der Waals surface area (Å²) in [7, 11) is -5.17. The Morgan fingerprint density at radius 1 is 0.603 bits per heavy atom. The maximum Gasteiger partial charge on any atom is 0.198 e. The van der Waals surface area contributed by atoms with E-state index in [1.54, 1.807) is 60.7 Å². The van der Waals surface area contributed by atoms with Gasteiger partial charge in [-0.1, -0.05) is 62.4 Å². The van der Waals surface area contributed by atoms with Gasteiger partial charge in [0, 0.05) is 69.0 Å². The first-order valence-corrected chi connectivity index (χ1v) is 22.4. The van der Waals surface area contributed by atoms with Gasteiger partial charge in [-0.25, -0.2) is 0 Å². The minimum atomic E-state index is -5.17. The first-order chi connectivity index (χ1) is 29.9. The summed E-state index contributed by atoms with van der Waals surface area (Å²) in [6, 6.07) is 20.0. The molecule has 4 aromatic rings. The minimum absolute atomic E-state index is 0.0696. The summed E-state index contributed by atoms with van der Waals surface area (Å²) in [5.74, 6) is -1.44. The van der Waals surface area contributed by atoms with Crippen LogP contribution in [-0.2, 0) is 19.9 Å². The first kappa shape index (κ1) is 47.0. The zero-order valence-corrected chi connectivity index (χ0v) is 36.5. The molecule has 0 amide bonds. The molecular formula is C46H54N4O12S. The molecule has 0 bridgehead atoms. The molecule has 17 heteroatoms. The lowest BCUT2D eigenvalue weighted by Gasteiger charge is -2.35. The van der Waals surface area contributed by atoms with E-state index in [1.165, 1.54) is 12.1 Å². The van der Waals surface area contributed by atoms with Gasteiger partial charge in [-0.15, -0.1) is 0 Å². The molecule has 2 aliphatic heterocycles. The third-order valence-corrected chi connectivity index (χ3v) is 11.9. The number of anilines is 2. The highest BCUT2D eigenvalue weighted by Crippen LogP contribution is 2.39. The van der Waals surface area contributed by atoms with Gasteiger partial charge in [-0.2, -0.15) is 0 Å². The highest BCUT2D eigenvalue weighted by atomic mass is 32.3. The summed E-state index contributed by atoms with van der Waals surface area (Å²) in [5.41, 5.74) is 2.80. The molecule has 0 radical (unpaired) electrons. The maximum atomic E-state index is 13.2. The van der Waals surface area contributed by atoms with Gasteiger partial charge in [0.2, 0.25) is 0 Å². The fourth-order valence-electron chi connectivity index (χ4n) is 8.72. The predicted molar refractivity (Wildman–Crippen MR) is 230 cm³/mol. The van der Waals surface area contributed by atoms with Crippen LogP contribution in [-0.4, -0.2) is 114 Å². The van der Waals surface area contributed by atoms with E-state index in [-0.39, 0.29) is 80.2 Å². The number of carbonyl (C=O) groups is 4. The number of carbonyl (C=O) groups excluding carboxylic acids is 4. The molecule has 4 atom stereocenters. The number of quaternary nitrogens is 2. The number of phenolic OH excluding ortho intramolecular Hbond substituents is 2. The number of hydrogen-bond donors (Lipinski definition) is 6. The molecule has 0 aromatic heterocycles. The van der Waals surface area contributed by atoms with Gasteiger partial charge >= 0.3 is 0 Å². The molecular weight excluding hydrogens is 833 g/mol. The van der Waals surface area contributed by atoms with E-state index >= 15 is 0 Å². The number of rotatable bonds is 10. The highest BCUT2D eigenvalue weighted by Gasteiger charge is 2.38. The molecule has 4 aliphatic rings. The zero-order chi connectivity index (χ0) is 45.7. The van der Waals surface area contributed by atoms with Gasteiger partial charge in [0.05, 0.1) is 48.6 Å². The molecule has 2 heterocycles. The Labute approximate surface area is 366 Å². The van der Waals surface area contributed by atoms with Crippen LogP contribution in [0.1, 0.15) is 117 Å². The standard InChI is InChI=1S/2C23H26N2O4.H2O4S/c2*1-3-14(12-23(2)13-24-10-11-29-23)25-17-8-9-18(26)20-19(17)21(27)15-6-4-5-7-16(15)22(20)28;1-5(2,3)4/h2*4-9,14,24-26H,3,10-13H2,1-2H3;(H2,1,2,3,4). The summed E-state index contributed by atoms with van der Waals surface area (Å²) in [6.07, 6.45) is 3.25. The van der Waals surface area contributed by atoms with Crippen molar-refractivity contribution in [1.82, 2.24) is 0 Å². The third kappa shape index (κ3) is 10.8. The van der Waals surface area contributed by atoms with Crippen molar-refractivity contribution >= 4 is 44.9 Å². The van der Waals surface area contributed by atoms with Gasteiger partial charge in [-0.05, 0) is 51.0 Å². The number of benzene rings is 4. The van der Waals surface area contributed by atoms with Crippen LogP contribution in [0.2, 0.25) is 0 Å². The van der Waals surface area contributed by atoms with Gasteiger partial charge in [-0.3, -0.25) is 27.6 Å². The summed E-state index contributed by atoms with van der Waals surface area (Å²) < 4.78 is 46.1. The van der Waals surface area contributed by atoms with Crippen molar-refractivity contribution in [3.8, 4) is 11.5 Å². The second-order valence-electron chi connectivity index (χ2n) is 16.6. The minimum Gasteiger partial charge on any atom is -0.759 e. The summed E-state index contributed by atoms with van der Waals surface area (Å²) in [6.45, 7) is 13.6. The fraction of sp³-hybridized carbons (Fsp3) is 0.391. The van der Waals surface area contributed by atoms with Gasteiger partial charge < -0.3 is 50.1 Å². The molecule has 63 heavy (non-hydrogen) atoms. The Bertz CT molecular complexity index is 2330. The number of fused-ring (bicyclic) bond motifs is 4. The van der Waals surface area contributed by atoms with Crippen LogP contribution in [0.4, 0.5) is 11.4 Å². The second kappa shape index (κ2) is 19.5. The average molecular weight is 887 g/mol. The number of ketones is 4. The zero-order valence-electron chi connectivity index (χ0n) is 35.7. The van der Waals surface area contributed by atoms with Crippen LogP contribution in [0.5, 0.6) is 11.5 Å². The Morgan fingerprint density at radius 2 is 0.921 bits per heavy atom. The Morgan fingerprint density at radius 3 is 1.21 bits per heavy atom. The molecule has 4 aromatic carbocycles. The number of nitrogens with two attached hydrogens (primary N) is 2. The van der Waals surface area contributed by atoms with Crippen molar-refractivity contribution in [2.75, 3.05) is 50.0 Å². The van der Waals surface area contributed by atoms with Crippen LogP contribution >= 0.6 is 0 Å². The van der Waals surface area contributed by atoms with Crippen molar-refractivity contribution in [2.45, 2.75) is 76.7 Å². The van der Waals surface area contributed by atoms with E-state index < -0.39 is 10.4 Å². The Balaban J connectivity index is 0.000000190. The highest BCUT2D eigenvalue weighted by molar-refractivity contribution is 7.79. The van der Waals surface area contributed by atoms with E-state index in [1.807, 2.05) is 0 Å². The lowest BCUT2D eigenvalue weighted by atomic mass is 9.82. The predicted octanol–water partition coefficient (Wildman–Crippen LogP) is 2.86. The monoisotopic (exact) mass is 886 g/mol. The van der Waals surface area contributed by atoms with E-state index in [0.29, 0.717) is 33.6 Å². The van der Waals surface area contributed by atoms with Crippen LogP contribution in [0.15, 0.2) is 72.8 Å². The van der Waals surface area contributed by atoms with Crippen molar-refractivity contribution < 1.29 is 67.0 Å². The smallest absolute Gasteiger partial charge is 0.198 e. The summed E-state index contributed by atoms with van der Waals surface area (Å²) in [4.78, 5) is 52.4. The van der Waals surface area contributed by atoms with Crippen LogP contribution in [0.25, 0.3) is 0 Å². The molecule has 16 nitrogen and oxygen atoms in total. The molecule has 2 saturated heterocycles. The van der Waals surface area contributed by atoms with Gasteiger partial charge in [0.15, 0.2) is 23.1 Å².